The Morgan fingerprint density at radius 3 is 2.69 bits per heavy atom. The number of piperidine rings is 1. The van der Waals surface area contributed by atoms with Gasteiger partial charge in [0.2, 0.25) is 0 Å². The van der Waals surface area contributed by atoms with E-state index in [1.165, 1.54) is 11.3 Å². The maximum Gasteiger partial charge on any atom is 0.263 e. The number of carbonyl (C=O) groups excluding carboxylic acids is 1. The molecule has 1 aliphatic heterocycles. The highest BCUT2D eigenvalue weighted by Crippen LogP contribution is 2.34. The smallest absolute Gasteiger partial charge is 0.263 e. The molecule has 6 heteroatoms. The molecule has 0 bridgehead atoms. The maximum absolute atomic E-state index is 12.9. The van der Waals surface area contributed by atoms with Crippen LogP contribution in [-0.2, 0) is 5.41 Å². The number of aromatic nitrogens is 3. The minimum atomic E-state index is -0.132. The van der Waals surface area contributed by atoms with Crippen molar-refractivity contribution in [1.82, 2.24) is 19.9 Å². The molecule has 0 saturated carbocycles. The first kappa shape index (κ1) is 19.7. The summed E-state index contributed by atoms with van der Waals surface area (Å²) in [5, 5.41) is 1.95. The van der Waals surface area contributed by atoms with Gasteiger partial charge in [-0.3, -0.25) is 9.78 Å². The van der Waals surface area contributed by atoms with Crippen LogP contribution in [0.4, 0.5) is 0 Å². The second-order valence-electron chi connectivity index (χ2n) is 8.55. The molecule has 4 heterocycles. The number of rotatable bonds is 3. The molecule has 29 heavy (non-hydrogen) atoms. The lowest BCUT2D eigenvalue weighted by molar-refractivity contribution is 0.0711. The Labute approximate surface area is 175 Å². The van der Waals surface area contributed by atoms with Crippen LogP contribution >= 0.6 is 11.3 Å². The molecule has 3 aromatic rings. The van der Waals surface area contributed by atoms with Crippen LogP contribution in [0, 0.1) is 0 Å². The summed E-state index contributed by atoms with van der Waals surface area (Å²) < 4.78 is 0. The molecule has 0 spiro atoms. The molecule has 1 saturated heterocycles. The van der Waals surface area contributed by atoms with E-state index in [-0.39, 0.29) is 17.2 Å². The van der Waals surface area contributed by atoms with Gasteiger partial charge in [-0.25, -0.2) is 9.97 Å². The number of amides is 1. The van der Waals surface area contributed by atoms with E-state index in [1.807, 2.05) is 40.7 Å². The van der Waals surface area contributed by atoms with E-state index in [4.69, 9.17) is 4.98 Å². The number of thiophene rings is 1. The zero-order chi connectivity index (χ0) is 20.4. The lowest BCUT2D eigenvalue weighted by atomic mass is 9.88. The van der Waals surface area contributed by atoms with Gasteiger partial charge in [0.05, 0.1) is 10.6 Å². The highest BCUT2D eigenvalue weighted by Gasteiger charge is 2.30. The van der Waals surface area contributed by atoms with Crippen molar-refractivity contribution >= 4 is 17.2 Å². The van der Waals surface area contributed by atoms with Crippen LogP contribution in [0.5, 0.6) is 0 Å². The van der Waals surface area contributed by atoms with Gasteiger partial charge >= 0.3 is 0 Å². The Balaban J connectivity index is 1.71. The number of hydrogen-bond donors (Lipinski definition) is 0. The lowest BCUT2D eigenvalue weighted by Gasteiger charge is -2.33. The third-order valence-corrected chi connectivity index (χ3v) is 6.17. The van der Waals surface area contributed by atoms with Crippen LogP contribution < -0.4 is 0 Å². The Kier molecular flexibility index (Phi) is 5.46. The second-order valence-corrected chi connectivity index (χ2v) is 9.49. The van der Waals surface area contributed by atoms with Crippen LogP contribution in [0.15, 0.2) is 48.2 Å². The molecule has 0 radical (unpaired) electrons. The summed E-state index contributed by atoms with van der Waals surface area (Å²) in [6, 6.07) is 7.83. The molecular weight excluding hydrogens is 380 g/mol. The number of nitrogens with zero attached hydrogens (tertiary/aromatic N) is 4. The van der Waals surface area contributed by atoms with Gasteiger partial charge in [-0.15, -0.1) is 11.3 Å². The summed E-state index contributed by atoms with van der Waals surface area (Å²) in [6.45, 7) is 7.88. The van der Waals surface area contributed by atoms with E-state index >= 15 is 0 Å². The van der Waals surface area contributed by atoms with E-state index in [9.17, 15) is 4.79 Å². The topological polar surface area (TPSA) is 59.0 Å². The van der Waals surface area contributed by atoms with Gasteiger partial charge in [-0.1, -0.05) is 26.8 Å². The van der Waals surface area contributed by atoms with Crippen LogP contribution in [0.3, 0.4) is 0 Å². The van der Waals surface area contributed by atoms with Crippen LogP contribution in [0.25, 0.3) is 11.1 Å². The van der Waals surface area contributed by atoms with E-state index in [0.717, 1.165) is 46.9 Å². The van der Waals surface area contributed by atoms with Crippen LogP contribution in [0.1, 0.15) is 60.7 Å². The third kappa shape index (κ3) is 4.22. The largest absolute Gasteiger partial charge is 0.337 e. The van der Waals surface area contributed by atoms with Gasteiger partial charge in [-0.05, 0) is 42.0 Å². The average molecular weight is 407 g/mol. The monoisotopic (exact) mass is 406 g/mol. The van der Waals surface area contributed by atoms with E-state index < -0.39 is 0 Å². The predicted octanol–water partition coefficient (Wildman–Crippen LogP) is 4.92. The van der Waals surface area contributed by atoms with Crippen molar-refractivity contribution in [2.24, 2.45) is 0 Å². The standard InChI is InChI=1S/C23H26N4OS/c1-23(2,3)22-25-14-18(16-8-10-24-11-9-16)20(26-22)17-6-4-12-27(15-17)21(28)19-7-5-13-29-19/h5,7-11,13-14,17H,4,6,12,15H2,1-3H3. The highest BCUT2D eigenvalue weighted by molar-refractivity contribution is 7.12. The normalized spacial score (nSPS) is 17.3. The summed E-state index contributed by atoms with van der Waals surface area (Å²) in [6.07, 6.45) is 7.53. The number of hydrogen-bond acceptors (Lipinski definition) is 5. The van der Waals surface area contributed by atoms with Crippen LogP contribution in [0.2, 0.25) is 0 Å². The summed E-state index contributed by atoms with van der Waals surface area (Å²) in [5.41, 5.74) is 3.01. The molecule has 1 fully saturated rings. The first-order chi connectivity index (χ1) is 13.9. The van der Waals surface area contributed by atoms with E-state index in [2.05, 4.69) is 30.7 Å². The molecule has 1 amide bonds. The molecule has 150 valence electrons. The summed E-state index contributed by atoms with van der Waals surface area (Å²) in [5.74, 6) is 1.16. The second kappa shape index (κ2) is 8.03. The Bertz CT molecular complexity index is 980. The molecule has 3 aromatic heterocycles. The predicted molar refractivity (Wildman–Crippen MR) is 116 cm³/mol. The molecule has 4 rings (SSSR count). The molecule has 5 nitrogen and oxygen atoms in total. The molecule has 0 aliphatic carbocycles. The van der Waals surface area contributed by atoms with Gasteiger partial charge in [0.25, 0.3) is 5.91 Å². The van der Waals surface area contributed by atoms with Crippen molar-refractivity contribution in [3.8, 4) is 11.1 Å². The zero-order valence-electron chi connectivity index (χ0n) is 17.1. The molecule has 0 aromatic carbocycles. The van der Waals surface area contributed by atoms with Gasteiger partial charge in [0.1, 0.15) is 5.82 Å². The fourth-order valence-corrected chi connectivity index (χ4v) is 4.45. The average Bonchev–Trinajstić information content (AvgIpc) is 3.28. The first-order valence-corrected chi connectivity index (χ1v) is 10.9. The van der Waals surface area contributed by atoms with Crippen molar-refractivity contribution in [3.05, 3.63) is 64.6 Å². The fourth-order valence-electron chi connectivity index (χ4n) is 3.76. The molecule has 0 N–H and O–H groups in total. The SMILES string of the molecule is CC(C)(C)c1ncc(-c2ccncc2)c(C2CCCN(C(=O)c3cccs3)C2)n1. The molecule has 1 atom stereocenters. The Hall–Kier alpha value is -2.60. The van der Waals surface area contributed by atoms with E-state index in [1.54, 1.807) is 12.4 Å². The Morgan fingerprint density at radius 2 is 2.00 bits per heavy atom. The summed E-state index contributed by atoms with van der Waals surface area (Å²) in [4.78, 5) is 29.5. The van der Waals surface area contributed by atoms with Crippen LogP contribution in [-0.4, -0.2) is 38.8 Å². The lowest BCUT2D eigenvalue weighted by Crippen LogP contribution is -2.39. The molecule has 1 unspecified atom stereocenters. The van der Waals surface area contributed by atoms with Gasteiger partial charge in [-0.2, -0.15) is 0 Å². The zero-order valence-corrected chi connectivity index (χ0v) is 17.9. The minimum Gasteiger partial charge on any atom is -0.337 e. The van der Waals surface area contributed by atoms with Crippen molar-refractivity contribution in [1.29, 1.82) is 0 Å². The first-order valence-electron chi connectivity index (χ1n) is 10.0. The number of likely N-dealkylation sites (tertiary alicyclic amines) is 1. The van der Waals surface area contributed by atoms with Gasteiger partial charge < -0.3 is 4.90 Å². The quantitative estimate of drug-likeness (QED) is 0.620. The van der Waals surface area contributed by atoms with Crippen molar-refractivity contribution in [3.63, 3.8) is 0 Å². The fraction of sp³-hybridized carbons (Fsp3) is 0.391. The van der Waals surface area contributed by atoms with Gasteiger partial charge in [0.15, 0.2) is 0 Å². The van der Waals surface area contributed by atoms with E-state index in [0.29, 0.717) is 6.54 Å². The highest BCUT2D eigenvalue weighted by atomic mass is 32.1. The maximum atomic E-state index is 12.9. The van der Waals surface area contributed by atoms with Gasteiger partial charge in [0, 0.05) is 48.6 Å². The molecule has 1 aliphatic rings. The third-order valence-electron chi connectivity index (χ3n) is 5.31. The Morgan fingerprint density at radius 1 is 1.21 bits per heavy atom. The minimum absolute atomic E-state index is 0.125. The van der Waals surface area contributed by atoms with Crippen molar-refractivity contribution in [2.45, 2.75) is 44.9 Å². The number of carbonyl (C=O) groups is 1. The molecular formula is C23H26N4OS. The number of pyridine rings is 1. The summed E-state index contributed by atoms with van der Waals surface area (Å²) in [7, 11) is 0. The summed E-state index contributed by atoms with van der Waals surface area (Å²) >= 11 is 1.50. The van der Waals surface area contributed by atoms with Crippen molar-refractivity contribution in [2.75, 3.05) is 13.1 Å². The van der Waals surface area contributed by atoms with Crippen molar-refractivity contribution < 1.29 is 4.79 Å².